The van der Waals surface area contributed by atoms with Crippen LogP contribution in [0.5, 0.6) is 0 Å². The van der Waals surface area contributed by atoms with E-state index in [9.17, 15) is 4.79 Å². The highest BCUT2D eigenvalue weighted by Crippen LogP contribution is 2.25. The van der Waals surface area contributed by atoms with Crippen LogP contribution in [0.15, 0.2) is 78.0 Å². The third-order valence-corrected chi connectivity index (χ3v) is 6.10. The number of carbonyl (C=O) groups is 1. The number of aryl methyl sites for hydroxylation is 2. The molecule has 0 saturated carbocycles. The SMILES string of the molecule is Cc1ccc(NCc2nnc(SCC(=O)Nc3ccc(C)cc3)n2-c2cccc(Cl)c2)cc1. The maximum atomic E-state index is 12.5. The van der Waals surface area contributed by atoms with Gasteiger partial charge in [0.2, 0.25) is 5.91 Å². The van der Waals surface area contributed by atoms with Gasteiger partial charge in [0.1, 0.15) is 0 Å². The van der Waals surface area contributed by atoms with Crippen molar-refractivity contribution in [2.24, 2.45) is 0 Å². The maximum absolute atomic E-state index is 12.5. The highest BCUT2D eigenvalue weighted by molar-refractivity contribution is 7.99. The number of nitrogens with one attached hydrogen (secondary N) is 2. The molecule has 0 bridgehead atoms. The number of halogens is 1. The van der Waals surface area contributed by atoms with Crippen molar-refractivity contribution < 1.29 is 4.79 Å². The number of hydrogen-bond donors (Lipinski definition) is 2. The largest absolute Gasteiger partial charge is 0.378 e. The molecular formula is C25H24ClN5OS. The van der Waals surface area contributed by atoms with Gasteiger partial charge in [-0.15, -0.1) is 10.2 Å². The van der Waals surface area contributed by atoms with Gasteiger partial charge in [0.05, 0.1) is 18.0 Å². The summed E-state index contributed by atoms with van der Waals surface area (Å²) in [5.41, 5.74) is 4.95. The van der Waals surface area contributed by atoms with Gasteiger partial charge in [0.25, 0.3) is 0 Å². The normalized spacial score (nSPS) is 10.8. The van der Waals surface area contributed by atoms with Crippen LogP contribution in [0.3, 0.4) is 0 Å². The van der Waals surface area contributed by atoms with Crippen molar-refractivity contribution in [3.05, 3.63) is 94.8 Å². The van der Waals surface area contributed by atoms with Gasteiger partial charge >= 0.3 is 0 Å². The molecule has 1 aromatic heterocycles. The molecule has 8 heteroatoms. The highest BCUT2D eigenvalue weighted by atomic mass is 35.5. The van der Waals surface area contributed by atoms with Gasteiger partial charge in [-0.3, -0.25) is 9.36 Å². The van der Waals surface area contributed by atoms with Crippen molar-refractivity contribution >= 4 is 40.6 Å². The van der Waals surface area contributed by atoms with Crippen LogP contribution in [0.1, 0.15) is 17.0 Å². The van der Waals surface area contributed by atoms with Crippen LogP contribution in [0.2, 0.25) is 5.02 Å². The van der Waals surface area contributed by atoms with Crippen LogP contribution in [-0.2, 0) is 11.3 Å². The molecule has 1 amide bonds. The molecule has 0 aliphatic carbocycles. The van der Waals surface area contributed by atoms with Crippen LogP contribution in [0.4, 0.5) is 11.4 Å². The predicted molar refractivity (Wildman–Crippen MR) is 135 cm³/mol. The first-order chi connectivity index (χ1) is 16.0. The maximum Gasteiger partial charge on any atom is 0.234 e. The van der Waals surface area contributed by atoms with Crippen molar-refractivity contribution in [3.8, 4) is 5.69 Å². The minimum atomic E-state index is -0.108. The van der Waals surface area contributed by atoms with Gasteiger partial charge in [0.15, 0.2) is 11.0 Å². The second-order valence-electron chi connectivity index (χ2n) is 7.64. The molecule has 1 heterocycles. The molecule has 3 aromatic carbocycles. The molecule has 2 N–H and O–H groups in total. The summed E-state index contributed by atoms with van der Waals surface area (Å²) in [6.07, 6.45) is 0. The topological polar surface area (TPSA) is 71.8 Å². The van der Waals surface area contributed by atoms with Crippen molar-refractivity contribution in [2.75, 3.05) is 16.4 Å². The first-order valence-electron chi connectivity index (χ1n) is 10.5. The lowest BCUT2D eigenvalue weighted by atomic mass is 10.2. The highest BCUT2D eigenvalue weighted by Gasteiger charge is 2.16. The second-order valence-corrected chi connectivity index (χ2v) is 9.02. The van der Waals surface area contributed by atoms with Crippen molar-refractivity contribution in [3.63, 3.8) is 0 Å². The summed E-state index contributed by atoms with van der Waals surface area (Å²) in [5, 5.41) is 16.3. The van der Waals surface area contributed by atoms with Gasteiger partial charge in [-0.25, -0.2) is 0 Å². The van der Waals surface area contributed by atoms with Gasteiger partial charge in [0, 0.05) is 16.4 Å². The number of aromatic nitrogens is 3. The van der Waals surface area contributed by atoms with Crippen molar-refractivity contribution in [1.29, 1.82) is 0 Å². The molecule has 0 unspecified atom stereocenters. The third-order valence-electron chi connectivity index (χ3n) is 4.94. The van der Waals surface area contributed by atoms with E-state index in [1.165, 1.54) is 17.3 Å². The van der Waals surface area contributed by atoms with E-state index in [1.807, 2.05) is 72.2 Å². The Morgan fingerprint density at radius 3 is 2.27 bits per heavy atom. The number of carbonyl (C=O) groups excluding carboxylic acids is 1. The van der Waals surface area contributed by atoms with E-state index in [0.29, 0.717) is 16.7 Å². The molecule has 0 fully saturated rings. The van der Waals surface area contributed by atoms with E-state index in [2.05, 4.69) is 39.9 Å². The van der Waals surface area contributed by atoms with E-state index in [0.717, 1.165) is 28.5 Å². The molecule has 0 aliphatic rings. The standard InChI is InChI=1S/C25H24ClN5OS/c1-17-6-10-20(11-7-17)27-15-23-29-30-25(31(23)22-5-3-4-19(26)14-22)33-16-24(32)28-21-12-8-18(2)9-13-21/h3-14,27H,15-16H2,1-2H3,(H,28,32). The number of rotatable bonds is 8. The molecule has 0 aliphatic heterocycles. The molecule has 0 spiro atoms. The summed E-state index contributed by atoms with van der Waals surface area (Å²) in [7, 11) is 0. The molecule has 0 atom stereocenters. The molecule has 168 valence electrons. The Hall–Kier alpha value is -3.29. The minimum absolute atomic E-state index is 0.108. The fraction of sp³-hybridized carbons (Fsp3) is 0.160. The van der Waals surface area contributed by atoms with E-state index in [1.54, 1.807) is 0 Å². The van der Waals surface area contributed by atoms with Crippen LogP contribution >= 0.6 is 23.4 Å². The number of nitrogens with zero attached hydrogens (tertiary/aromatic N) is 3. The van der Waals surface area contributed by atoms with E-state index < -0.39 is 0 Å². The summed E-state index contributed by atoms with van der Waals surface area (Å²) < 4.78 is 1.93. The molecule has 0 radical (unpaired) electrons. The summed E-state index contributed by atoms with van der Waals surface area (Å²) in [4.78, 5) is 12.5. The molecule has 4 aromatic rings. The Bertz CT molecular complexity index is 1240. The lowest BCUT2D eigenvalue weighted by Gasteiger charge is -2.12. The van der Waals surface area contributed by atoms with E-state index >= 15 is 0 Å². The molecular weight excluding hydrogens is 454 g/mol. The monoisotopic (exact) mass is 477 g/mol. The summed E-state index contributed by atoms with van der Waals surface area (Å²) in [6, 6.07) is 23.4. The Morgan fingerprint density at radius 1 is 0.939 bits per heavy atom. The van der Waals surface area contributed by atoms with Gasteiger partial charge < -0.3 is 10.6 Å². The Kier molecular flexibility index (Phi) is 7.32. The zero-order valence-electron chi connectivity index (χ0n) is 18.4. The summed E-state index contributed by atoms with van der Waals surface area (Å²) in [5.74, 6) is 0.820. The summed E-state index contributed by atoms with van der Waals surface area (Å²) >= 11 is 7.57. The zero-order valence-corrected chi connectivity index (χ0v) is 20.0. The number of anilines is 2. The Labute approximate surface area is 202 Å². The third kappa shape index (κ3) is 6.15. The molecule has 4 rings (SSSR count). The second kappa shape index (κ2) is 10.6. The number of hydrogen-bond acceptors (Lipinski definition) is 5. The fourth-order valence-corrected chi connectivity index (χ4v) is 4.15. The van der Waals surface area contributed by atoms with Crippen LogP contribution in [-0.4, -0.2) is 26.4 Å². The molecule has 0 saturated heterocycles. The predicted octanol–water partition coefficient (Wildman–Crippen LogP) is 5.88. The lowest BCUT2D eigenvalue weighted by Crippen LogP contribution is -2.15. The quantitative estimate of drug-likeness (QED) is 0.310. The number of amides is 1. The average Bonchev–Trinajstić information content (AvgIpc) is 3.22. The molecule has 33 heavy (non-hydrogen) atoms. The summed E-state index contributed by atoms with van der Waals surface area (Å²) in [6.45, 7) is 4.53. The Balaban J connectivity index is 1.51. The number of thioether (sulfide) groups is 1. The van der Waals surface area contributed by atoms with Crippen LogP contribution in [0, 0.1) is 13.8 Å². The average molecular weight is 478 g/mol. The smallest absolute Gasteiger partial charge is 0.234 e. The Morgan fingerprint density at radius 2 is 1.61 bits per heavy atom. The first-order valence-corrected chi connectivity index (χ1v) is 11.8. The van der Waals surface area contributed by atoms with E-state index in [-0.39, 0.29) is 11.7 Å². The van der Waals surface area contributed by atoms with Gasteiger partial charge in [-0.05, 0) is 56.3 Å². The van der Waals surface area contributed by atoms with Crippen LogP contribution in [0.25, 0.3) is 5.69 Å². The van der Waals surface area contributed by atoms with Crippen molar-refractivity contribution in [2.45, 2.75) is 25.5 Å². The first kappa shape index (κ1) is 22.9. The molecule has 6 nitrogen and oxygen atoms in total. The van der Waals surface area contributed by atoms with Gasteiger partial charge in [-0.2, -0.15) is 0 Å². The lowest BCUT2D eigenvalue weighted by molar-refractivity contribution is -0.113. The number of benzene rings is 3. The van der Waals surface area contributed by atoms with E-state index in [4.69, 9.17) is 11.6 Å². The van der Waals surface area contributed by atoms with Gasteiger partial charge in [-0.1, -0.05) is 64.8 Å². The fourth-order valence-electron chi connectivity index (χ4n) is 3.20. The minimum Gasteiger partial charge on any atom is -0.378 e. The zero-order chi connectivity index (χ0) is 23.2. The van der Waals surface area contributed by atoms with Crippen LogP contribution < -0.4 is 10.6 Å². The van der Waals surface area contributed by atoms with Crippen molar-refractivity contribution in [1.82, 2.24) is 14.8 Å².